The summed E-state index contributed by atoms with van der Waals surface area (Å²) in [5, 5.41) is 2.37. The fraction of sp³-hybridized carbons (Fsp3) is 0.258. The first kappa shape index (κ1) is 48.1. The molecule has 0 saturated heterocycles. The maximum Gasteiger partial charge on any atom is 0.166 e. The van der Waals surface area contributed by atoms with Crippen LogP contribution in [0.4, 0.5) is 0 Å². The van der Waals surface area contributed by atoms with Crippen molar-refractivity contribution in [1.82, 2.24) is 29.5 Å². The number of hydrogen-bond acceptors (Lipinski definition) is 5. The predicted octanol–water partition coefficient (Wildman–Crippen LogP) is 17.3. The standard InChI is InChI=1S/C66H66N6/c1-41-28-30-57-52(32-41)51-26-20-21-27-56(51)72(57)58-31-29-44(55-40-54(42-22-16-14-17-23-42)67-59(68-55)43-24-18-15-19-25-43)37-53(58)62-70-60(45-33-47(63(2,3)4)38-48(34-45)64(5,6)7)69-61(71-62)46-35-49(65(8,9)10)39-50(36-46)66(11,12)13/h14-40H,1-13H3. The first-order chi connectivity index (χ1) is 34.1. The largest absolute Gasteiger partial charge is 0.309 e. The van der Waals surface area contributed by atoms with Gasteiger partial charge in [0.1, 0.15) is 0 Å². The van der Waals surface area contributed by atoms with Gasteiger partial charge in [0.15, 0.2) is 23.3 Å². The molecule has 3 aromatic heterocycles. The van der Waals surface area contributed by atoms with Crippen LogP contribution in [0.5, 0.6) is 0 Å². The van der Waals surface area contributed by atoms with Crippen molar-refractivity contribution < 1.29 is 0 Å². The summed E-state index contributed by atoms with van der Waals surface area (Å²) in [6.07, 6.45) is 0. The molecule has 0 atom stereocenters. The van der Waals surface area contributed by atoms with Gasteiger partial charge in [0.25, 0.3) is 0 Å². The molecule has 0 fully saturated rings. The van der Waals surface area contributed by atoms with Gasteiger partial charge in [-0.1, -0.05) is 192 Å². The minimum atomic E-state index is -0.123. The van der Waals surface area contributed by atoms with Crippen molar-refractivity contribution in [2.45, 2.75) is 112 Å². The molecule has 7 aromatic carbocycles. The van der Waals surface area contributed by atoms with E-state index < -0.39 is 0 Å². The van der Waals surface area contributed by atoms with E-state index in [0.29, 0.717) is 23.3 Å². The molecule has 0 amide bonds. The van der Waals surface area contributed by atoms with Crippen molar-refractivity contribution in [2.75, 3.05) is 0 Å². The average Bonchev–Trinajstić information content (AvgIpc) is 3.68. The molecule has 0 aliphatic rings. The second-order valence-corrected chi connectivity index (χ2v) is 23.7. The third-order valence-electron chi connectivity index (χ3n) is 13.9. The highest BCUT2D eigenvalue weighted by molar-refractivity contribution is 6.10. The summed E-state index contributed by atoms with van der Waals surface area (Å²) in [4.78, 5) is 27.3. The Balaban J connectivity index is 1.33. The number of fused-ring (bicyclic) bond motifs is 3. The Bertz CT molecular complexity index is 3450. The molecular formula is C66H66N6. The van der Waals surface area contributed by atoms with E-state index in [0.717, 1.165) is 61.5 Å². The summed E-state index contributed by atoms with van der Waals surface area (Å²) in [6, 6.07) is 58.6. The molecule has 10 rings (SSSR count). The van der Waals surface area contributed by atoms with Crippen molar-refractivity contribution in [3.63, 3.8) is 0 Å². The molecule has 0 N–H and O–H groups in total. The highest BCUT2D eigenvalue weighted by atomic mass is 15.1. The number of benzene rings is 7. The van der Waals surface area contributed by atoms with Gasteiger partial charge in [0.2, 0.25) is 0 Å². The zero-order valence-corrected chi connectivity index (χ0v) is 44.3. The van der Waals surface area contributed by atoms with Crippen molar-refractivity contribution >= 4 is 21.8 Å². The third-order valence-corrected chi connectivity index (χ3v) is 13.9. The lowest BCUT2D eigenvalue weighted by Crippen LogP contribution is -2.17. The number of para-hydroxylation sites is 1. The Kier molecular flexibility index (Phi) is 12.0. The Morgan fingerprint density at radius 2 is 0.764 bits per heavy atom. The molecule has 0 radical (unpaired) electrons. The van der Waals surface area contributed by atoms with E-state index in [1.165, 1.54) is 38.6 Å². The van der Waals surface area contributed by atoms with Gasteiger partial charge in [-0.3, -0.25) is 0 Å². The molecule has 360 valence electrons. The Morgan fingerprint density at radius 3 is 1.29 bits per heavy atom. The lowest BCUT2D eigenvalue weighted by atomic mass is 9.79. The molecule has 0 unspecified atom stereocenters. The SMILES string of the molecule is Cc1ccc2c(c1)c1ccccc1n2-c1ccc(-c2cc(-c3ccccc3)nc(-c3ccccc3)n2)cc1-c1nc(-c2cc(C(C)(C)C)cc(C(C)(C)C)c2)nc(-c2cc(C(C)(C)C)cc(C(C)(C)C)c2)n1. The van der Waals surface area contributed by atoms with Gasteiger partial charge in [-0.25, -0.2) is 24.9 Å². The molecule has 6 heteroatoms. The molecule has 0 aliphatic heterocycles. The normalized spacial score (nSPS) is 12.5. The van der Waals surface area contributed by atoms with Gasteiger partial charge in [-0.15, -0.1) is 0 Å². The summed E-state index contributed by atoms with van der Waals surface area (Å²) in [6.45, 7) is 29.5. The first-order valence-electron chi connectivity index (χ1n) is 25.3. The van der Waals surface area contributed by atoms with E-state index in [2.05, 4.69) is 234 Å². The van der Waals surface area contributed by atoms with Gasteiger partial charge >= 0.3 is 0 Å². The molecule has 10 aromatic rings. The third kappa shape index (κ3) is 9.51. The van der Waals surface area contributed by atoms with Crippen LogP contribution in [-0.2, 0) is 21.7 Å². The lowest BCUT2D eigenvalue weighted by Gasteiger charge is -2.26. The van der Waals surface area contributed by atoms with Gasteiger partial charge < -0.3 is 4.57 Å². The van der Waals surface area contributed by atoms with Crippen LogP contribution in [0, 0.1) is 6.92 Å². The quantitative estimate of drug-likeness (QED) is 0.159. The van der Waals surface area contributed by atoms with E-state index in [1.807, 2.05) is 24.3 Å². The van der Waals surface area contributed by atoms with Gasteiger partial charge in [0, 0.05) is 44.2 Å². The molecule has 3 heterocycles. The van der Waals surface area contributed by atoms with E-state index in [1.54, 1.807) is 0 Å². The van der Waals surface area contributed by atoms with Crippen molar-refractivity contribution in [1.29, 1.82) is 0 Å². The van der Waals surface area contributed by atoms with Gasteiger partial charge in [0.05, 0.1) is 28.1 Å². The van der Waals surface area contributed by atoms with Gasteiger partial charge in [-0.05, 0) is 112 Å². The fourth-order valence-electron chi connectivity index (χ4n) is 9.48. The van der Waals surface area contributed by atoms with Crippen LogP contribution in [-0.4, -0.2) is 29.5 Å². The zero-order valence-electron chi connectivity index (χ0n) is 44.3. The smallest absolute Gasteiger partial charge is 0.166 e. The Hall–Kier alpha value is -7.57. The minimum Gasteiger partial charge on any atom is -0.309 e. The van der Waals surface area contributed by atoms with Crippen LogP contribution >= 0.6 is 0 Å². The van der Waals surface area contributed by atoms with Crippen LogP contribution in [0.25, 0.3) is 95.6 Å². The van der Waals surface area contributed by atoms with Crippen molar-refractivity contribution in [3.05, 3.63) is 192 Å². The molecule has 0 saturated carbocycles. The van der Waals surface area contributed by atoms with Crippen LogP contribution in [0.1, 0.15) is 111 Å². The summed E-state index contributed by atoms with van der Waals surface area (Å²) in [5.41, 5.74) is 16.1. The zero-order chi connectivity index (χ0) is 50.9. The number of aromatic nitrogens is 6. The van der Waals surface area contributed by atoms with E-state index in [9.17, 15) is 0 Å². The summed E-state index contributed by atoms with van der Waals surface area (Å²) in [5.74, 6) is 2.47. The van der Waals surface area contributed by atoms with E-state index in [-0.39, 0.29) is 21.7 Å². The summed E-state index contributed by atoms with van der Waals surface area (Å²) >= 11 is 0. The second-order valence-electron chi connectivity index (χ2n) is 23.7. The number of nitrogens with zero attached hydrogens (tertiary/aromatic N) is 6. The van der Waals surface area contributed by atoms with Crippen LogP contribution in [0.2, 0.25) is 0 Å². The first-order valence-corrected chi connectivity index (χ1v) is 25.3. The van der Waals surface area contributed by atoms with Crippen LogP contribution < -0.4 is 0 Å². The highest BCUT2D eigenvalue weighted by Gasteiger charge is 2.27. The maximum absolute atomic E-state index is 5.63. The van der Waals surface area contributed by atoms with E-state index >= 15 is 0 Å². The molecule has 0 aliphatic carbocycles. The minimum absolute atomic E-state index is 0.123. The maximum atomic E-state index is 5.63. The monoisotopic (exact) mass is 943 g/mol. The molecule has 0 bridgehead atoms. The second kappa shape index (κ2) is 17.9. The van der Waals surface area contributed by atoms with Gasteiger partial charge in [-0.2, -0.15) is 0 Å². The van der Waals surface area contributed by atoms with E-state index in [4.69, 9.17) is 24.9 Å². The number of rotatable bonds is 7. The topological polar surface area (TPSA) is 69.4 Å². The Morgan fingerprint density at radius 1 is 0.319 bits per heavy atom. The molecule has 0 spiro atoms. The number of aryl methyl sites for hydroxylation is 1. The summed E-state index contributed by atoms with van der Waals surface area (Å²) in [7, 11) is 0. The Labute approximate surface area is 426 Å². The van der Waals surface area contributed by atoms with Crippen LogP contribution in [0.15, 0.2) is 164 Å². The molecule has 6 nitrogen and oxygen atoms in total. The molecule has 72 heavy (non-hydrogen) atoms. The lowest BCUT2D eigenvalue weighted by molar-refractivity contribution is 0.568. The number of hydrogen-bond donors (Lipinski definition) is 0. The molecular weight excluding hydrogens is 877 g/mol. The average molecular weight is 943 g/mol. The van der Waals surface area contributed by atoms with Crippen molar-refractivity contribution in [3.8, 4) is 73.8 Å². The van der Waals surface area contributed by atoms with Crippen molar-refractivity contribution in [2.24, 2.45) is 0 Å². The summed E-state index contributed by atoms with van der Waals surface area (Å²) < 4.78 is 2.38. The predicted molar refractivity (Wildman–Crippen MR) is 302 cm³/mol. The van der Waals surface area contributed by atoms with Crippen LogP contribution in [0.3, 0.4) is 0 Å². The fourth-order valence-corrected chi connectivity index (χ4v) is 9.48. The highest BCUT2D eigenvalue weighted by Crippen LogP contribution is 2.41.